The molecule has 1 aliphatic heterocycles. The molecule has 1 saturated carbocycles. The Balaban J connectivity index is 1.84. The Labute approximate surface area is 138 Å². The van der Waals surface area contributed by atoms with E-state index in [0.717, 1.165) is 0 Å². The van der Waals surface area contributed by atoms with Gasteiger partial charge in [-0.05, 0) is 36.0 Å². The van der Waals surface area contributed by atoms with Gasteiger partial charge in [0.15, 0.2) is 0 Å². The summed E-state index contributed by atoms with van der Waals surface area (Å²) >= 11 is 0. The SMILES string of the molecule is COC(=O)c1ccc(C2CC3(CCN2C(=O)O)CC(F)(F)C3)cc1. The highest BCUT2D eigenvalue weighted by molar-refractivity contribution is 5.89. The second-order valence-electron chi connectivity index (χ2n) is 6.77. The second kappa shape index (κ2) is 5.72. The summed E-state index contributed by atoms with van der Waals surface area (Å²) in [6.07, 6.45) is -0.565. The van der Waals surface area contributed by atoms with Crippen molar-refractivity contribution < 1.29 is 28.2 Å². The molecule has 1 amide bonds. The van der Waals surface area contributed by atoms with Crippen LogP contribution < -0.4 is 0 Å². The number of rotatable bonds is 2. The molecule has 3 rings (SSSR count). The maximum atomic E-state index is 13.4. The number of hydrogen-bond acceptors (Lipinski definition) is 3. The van der Waals surface area contributed by atoms with Gasteiger partial charge in [0, 0.05) is 19.4 Å². The third-order valence-corrected chi connectivity index (χ3v) is 5.12. The van der Waals surface area contributed by atoms with Crippen LogP contribution in [0.3, 0.4) is 0 Å². The van der Waals surface area contributed by atoms with Gasteiger partial charge in [-0.3, -0.25) is 0 Å². The van der Waals surface area contributed by atoms with E-state index >= 15 is 0 Å². The van der Waals surface area contributed by atoms with Gasteiger partial charge in [-0.15, -0.1) is 0 Å². The van der Waals surface area contributed by atoms with E-state index in [1.807, 2.05) is 0 Å². The zero-order valence-corrected chi connectivity index (χ0v) is 13.3. The number of carbonyl (C=O) groups excluding carboxylic acids is 1. The van der Waals surface area contributed by atoms with Crippen LogP contribution in [0.4, 0.5) is 13.6 Å². The highest BCUT2D eigenvalue weighted by atomic mass is 19.3. The van der Waals surface area contributed by atoms with Crippen LogP contribution in [0.1, 0.15) is 47.6 Å². The summed E-state index contributed by atoms with van der Waals surface area (Å²) in [5, 5.41) is 9.42. The van der Waals surface area contributed by atoms with Crippen LogP contribution >= 0.6 is 0 Å². The number of halogens is 2. The smallest absolute Gasteiger partial charge is 0.407 e. The van der Waals surface area contributed by atoms with Crippen molar-refractivity contribution in [2.75, 3.05) is 13.7 Å². The van der Waals surface area contributed by atoms with Gasteiger partial charge >= 0.3 is 12.1 Å². The van der Waals surface area contributed by atoms with Crippen molar-refractivity contribution in [3.05, 3.63) is 35.4 Å². The predicted molar refractivity (Wildman–Crippen MR) is 81.1 cm³/mol. The third kappa shape index (κ3) is 2.95. The van der Waals surface area contributed by atoms with Crippen LogP contribution in [0, 0.1) is 5.41 Å². The molecule has 130 valence electrons. The lowest BCUT2D eigenvalue weighted by Gasteiger charge is -2.54. The molecule has 1 heterocycles. The maximum absolute atomic E-state index is 13.4. The van der Waals surface area contributed by atoms with Crippen molar-refractivity contribution in [3.8, 4) is 0 Å². The standard InChI is InChI=1S/C17H19F2NO4/c1-24-14(21)12-4-2-11(3-5-12)13-8-16(9-17(18,19)10-16)6-7-20(13)15(22)23/h2-5,13H,6-10H2,1H3,(H,22,23). The predicted octanol–water partition coefficient (Wildman–Crippen LogP) is 3.70. The molecule has 0 bridgehead atoms. The normalized spacial score (nSPS) is 24.3. The fourth-order valence-electron chi connectivity index (χ4n) is 3.99. The van der Waals surface area contributed by atoms with Crippen molar-refractivity contribution in [2.24, 2.45) is 5.41 Å². The number of alkyl halides is 2. The van der Waals surface area contributed by atoms with Gasteiger partial charge in [-0.2, -0.15) is 0 Å². The molecule has 1 spiro atoms. The Morgan fingerprint density at radius 1 is 1.25 bits per heavy atom. The first-order valence-corrected chi connectivity index (χ1v) is 7.81. The minimum atomic E-state index is -2.63. The minimum Gasteiger partial charge on any atom is -0.465 e. The highest BCUT2D eigenvalue weighted by Crippen LogP contribution is 2.60. The highest BCUT2D eigenvalue weighted by Gasteiger charge is 2.58. The zero-order chi connectivity index (χ0) is 17.5. The first-order valence-electron chi connectivity index (χ1n) is 7.81. The molecule has 2 fully saturated rings. The number of carbonyl (C=O) groups is 2. The Kier molecular flexibility index (Phi) is 3.97. The van der Waals surface area contributed by atoms with Gasteiger partial charge in [-0.25, -0.2) is 18.4 Å². The van der Waals surface area contributed by atoms with E-state index in [1.165, 1.54) is 12.0 Å². The molecule has 1 saturated heterocycles. The van der Waals surface area contributed by atoms with Gasteiger partial charge in [-0.1, -0.05) is 12.1 Å². The first kappa shape index (κ1) is 16.7. The molecule has 1 atom stereocenters. The number of ether oxygens (including phenoxy) is 1. The van der Waals surface area contributed by atoms with E-state index in [2.05, 4.69) is 4.74 Å². The average Bonchev–Trinajstić information content (AvgIpc) is 2.52. The van der Waals surface area contributed by atoms with Crippen molar-refractivity contribution in [1.82, 2.24) is 4.90 Å². The fourth-order valence-corrected chi connectivity index (χ4v) is 3.99. The fraction of sp³-hybridized carbons (Fsp3) is 0.529. The Morgan fingerprint density at radius 3 is 2.38 bits per heavy atom. The number of methoxy groups -OCH3 is 1. The summed E-state index contributed by atoms with van der Waals surface area (Å²) in [4.78, 5) is 24.3. The van der Waals surface area contributed by atoms with E-state index in [-0.39, 0.29) is 19.4 Å². The molecule has 0 aromatic heterocycles. The number of amides is 1. The zero-order valence-electron chi connectivity index (χ0n) is 13.3. The summed E-state index contributed by atoms with van der Waals surface area (Å²) in [6.45, 7) is 0.245. The number of piperidine rings is 1. The van der Waals surface area contributed by atoms with Crippen LogP contribution in [0.2, 0.25) is 0 Å². The van der Waals surface area contributed by atoms with Crippen molar-refractivity contribution in [1.29, 1.82) is 0 Å². The van der Waals surface area contributed by atoms with Crippen LogP contribution in [0.15, 0.2) is 24.3 Å². The van der Waals surface area contributed by atoms with Crippen molar-refractivity contribution >= 4 is 12.1 Å². The van der Waals surface area contributed by atoms with E-state index in [0.29, 0.717) is 24.0 Å². The number of hydrogen-bond donors (Lipinski definition) is 1. The topological polar surface area (TPSA) is 66.8 Å². The lowest BCUT2D eigenvalue weighted by atomic mass is 9.59. The molecule has 2 aliphatic rings. The van der Waals surface area contributed by atoms with Crippen LogP contribution in [0.5, 0.6) is 0 Å². The lowest BCUT2D eigenvalue weighted by molar-refractivity contribution is -0.183. The second-order valence-corrected chi connectivity index (χ2v) is 6.77. The number of benzene rings is 1. The number of likely N-dealkylation sites (tertiary alicyclic amines) is 1. The van der Waals surface area contributed by atoms with Crippen LogP contribution in [-0.2, 0) is 4.74 Å². The largest absolute Gasteiger partial charge is 0.465 e. The molecule has 5 nitrogen and oxygen atoms in total. The molecular weight excluding hydrogens is 320 g/mol. The monoisotopic (exact) mass is 339 g/mol. The summed E-state index contributed by atoms with van der Waals surface area (Å²) in [7, 11) is 1.28. The number of esters is 1. The van der Waals surface area contributed by atoms with Gasteiger partial charge in [0.05, 0.1) is 18.7 Å². The summed E-state index contributed by atoms with van der Waals surface area (Å²) in [5.74, 6) is -3.11. The molecule has 0 radical (unpaired) electrons. The van der Waals surface area contributed by atoms with Crippen molar-refractivity contribution in [3.63, 3.8) is 0 Å². The Bertz CT molecular complexity index is 651. The maximum Gasteiger partial charge on any atom is 0.407 e. The van der Waals surface area contributed by atoms with Gasteiger partial charge < -0.3 is 14.7 Å². The molecule has 1 unspecified atom stereocenters. The first-order chi connectivity index (χ1) is 11.3. The quantitative estimate of drug-likeness (QED) is 0.834. The van der Waals surface area contributed by atoms with E-state index in [1.54, 1.807) is 24.3 Å². The molecule has 1 aromatic rings. The molecule has 1 aromatic carbocycles. The van der Waals surface area contributed by atoms with E-state index in [9.17, 15) is 23.5 Å². The van der Waals surface area contributed by atoms with Gasteiger partial charge in [0.25, 0.3) is 0 Å². The average molecular weight is 339 g/mol. The van der Waals surface area contributed by atoms with Gasteiger partial charge in [0.1, 0.15) is 0 Å². The molecular formula is C17H19F2NO4. The van der Waals surface area contributed by atoms with Crippen molar-refractivity contribution in [2.45, 2.75) is 37.6 Å². The van der Waals surface area contributed by atoms with E-state index in [4.69, 9.17) is 0 Å². The Hall–Kier alpha value is -2.18. The minimum absolute atomic E-state index is 0.176. The molecule has 1 aliphatic carbocycles. The summed E-state index contributed by atoms with van der Waals surface area (Å²) in [5.41, 5.74) is 0.587. The van der Waals surface area contributed by atoms with Gasteiger partial charge in [0.2, 0.25) is 5.92 Å². The number of nitrogens with zero attached hydrogens (tertiary/aromatic N) is 1. The van der Waals surface area contributed by atoms with Crippen LogP contribution in [0.25, 0.3) is 0 Å². The van der Waals surface area contributed by atoms with E-state index < -0.39 is 29.4 Å². The van der Waals surface area contributed by atoms with Crippen LogP contribution in [-0.4, -0.2) is 41.6 Å². The molecule has 24 heavy (non-hydrogen) atoms. The lowest BCUT2D eigenvalue weighted by Crippen LogP contribution is -2.54. The summed E-state index contributed by atoms with van der Waals surface area (Å²) < 4.78 is 31.3. The Morgan fingerprint density at radius 2 is 1.88 bits per heavy atom. The summed E-state index contributed by atoms with van der Waals surface area (Å²) in [6, 6.07) is 6.00. The molecule has 7 heteroatoms. The molecule has 1 N–H and O–H groups in total. The third-order valence-electron chi connectivity index (χ3n) is 5.12. The number of carboxylic acid groups (broad SMARTS) is 1.